The molecule has 0 bridgehead atoms. The summed E-state index contributed by atoms with van der Waals surface area (Å²) in [6.45, 7) is 9.74. The topological polar surface area (TPSA) is 52.6 Å². The molecule has 0 aromatic carbocycles. The molecule has 1 fully saturated rings. The van der Waals surface area contributed by atoms with Crippen LogP contribution in [0.3, 0.4) is 0 Å². The number of carbonyl (C=O) groups is 2. The maximum Gasteiger partial charge on any atom is 0.334 e. The average molecular weight is 330 g/mol. The number of esters is 2. The minimum absolute atomic E-state index is 0.275. The van der Waals surface area contributed by atoms with Gasteiger partial charge in [0.2, 0.25) is 0 Å². The minimum Gasteiger partial charge on any atom is -0.454 e. The Morgan fingerprint density at radius 2 is 2.17 bits per heavy atom. The molecule has 0 aromatic heterocycles. The highest BCUT2D eigenvalue weighted by molar-refractivity contribution is 5.93. The number of rotatable bonds is 2. The lowest BCUT2D eigenvalue weighted by atomic mass is 9.57. The monoisotopic (exact) mass is 330 g/mol. The normalized spacial score (nSPS) is 35.9. The molecule has 0 unspecified atom stereocenters. The molecule has 1 heterocycles. The van der Waals surface area contributed by atoms with Gasteiger partial charge in [0.05, 0.1) is 0 Å². The summed E-state index contributed by atoms with van der Waals surface area (Å²) in [5.41, 5.74) is 3.04. The van der Waals surface area contributed by atoms with Crippen LogP contribution < -0.4 is 0 Å². The Balaban J connectivity index is 2.10. The largest absolute Gasteiger partial charge is 0.454 e. The van der Waals surface area contributed by atoms with E-state index in [9.17, 15) is 9.59 Å². The quantitative estimate of drug-likeness (QED) is 0.438. The zero-order valence-corrected chi connectivity index (χ0v) is 15.1. The summed E-state index contributed by atoms with van der Waals surface area (Å²) in [6, 6.07) is 0. The van der Waals surface area contributed by atoms with Gasteiger partial charge >= 0.3 is 11.9 Å². The van der Waals surface area contributed by atoms with Gasteiger partial charge in [-0.25, -0.2) is 9.59 Å². The Hall–Kier alpha value is -1.84. The van der Waals surface area contributed by atoms with E-state index in [1.807, 2.05) is 6.92 Å². The maximum atomic E-state index is 12.5. The second-order valence-electron chi connectivity index (χ2n) is 7.43. The Kier molecular flexibility index (Phi) is 4.18. The van der Waals surface area contributed by atoms with Crippen molar-refractivity contribution >= 4 is 11.9 Å². The number of hydrogen-bond acceptors (Lipinski definition) is 4. The molecular formula is C20H26O4. The van der Waals surface area contributed by atoms with Gasteiger partial charge in [0, 0.05) is 28.6 Å². The zero-order chi connectivity index (χ0) is 17.6. The molecule has 0 spiro atoms. The summed E-state index contributed by atoms with van der Waals surface area (Å²) in [6.07, 6.45) is 6.08. The van der Waals surface area contributed by atoms with Gasteiger partial charge in [-0.1, -0.05) is 31.6 Å². The lowest BCUT2D eigenvalue weighted by Crippen LogP contribution is -2.51. The summed E-state index contributed by atoms with van der Waals surface area (Å²) in [5, 5.41) is 0. The molecule has 0 aromatic rings. The van der Waals surface area contributed by atoms with Crippen LogP contribution in [0.15, 0.2) is 34.4 Å². The van der Waals surface area contributed by atoms with Crippen LogP contribution in [0.4, 0.5) is 0 Å². The van der Waals surface area contributed by atoms with E-state index in [1.54, 1.807) is 19.9 Å². The molecule has 1 saturated carbocycles. The molecule has 0 saturated heterocycles. The van der Waals surface area contributed by atoms with Gasteiger partial charge in [0.1, 0.15) is 12.2 Å². The van der Waals surface area contributed by atoms with Crippen molar-refractivity contribution in [1.29, 1.82) is 0 Å². The standard InChI is InChI=1S/C20H26O4/c1-6-11(2)18(21)24-17-16-13(4)19(22)23-15(16)10-14-9-7-8-12(3)20(14,17)5/h6,9,12,15,17H,7-8,10H2,1-5H3/b11-6-/t12-,15+,17+,20+/m0/s1. The van der Waals surface area contributed by atoms with Crippen molar-refractivity contribution in [2.75, 3.05) is 0 Å². The summed E-state index contributed by atoms with van der Waals surface area (Å²) in [4.78, 5) is 24.6. The van der Waals surface area contributed by atoms with Crippen LogP contribution >= 0.6 is 0 Å². The first kappa shape index (κ1) is 17.0. The Bertz CT molecular complexity index is 682. The SMILES string of the molecule is C/C=C(/C)C(=O)O[C@@H]1C2=C(C)C(=O)O[C@@H]2CC2=CCC[C@H](C)[C@]21C. The van der Waals surface area contributed by atoms with Gasteiger partial charge in [-0.2, -0.15) is 0 Å². The van der Waals surface area contributed by atoms with Crippen molar-refractivity contribution in [3.05, 3.63) is 34.4 Å². The van der Waals surface area contributed by atoms with Crippen LogP contribution in [-0.2, 0) is 19.1 Å². The highest BCUT2D eigenvalue weighted by Gasteiger charge is 2.56. The van der Waals surface area contributed by atoms with Crippen molar-refractivity contribution in [3.8, 4) is 0 Å². The van der Waals surface area contributed by atoms with E-state index in [0.29, 0.717) is 17.1 Å². The number of fused-ring (bicyclic) bond motifs is 2. The molecule has 130 valence electrons. The molecule has 3 aliphatic rings. The van der Waals surface area contributed by atoms with Gasteiger partial charge in [-0.15, -0.1) is 0 Å². The van der Waals surface area contributed by atoms with Gasteiger partial charge < -0.3 is 9.47 Å². The minimum atomic E-state index is -0.438. The van der Waals surface area contributed by atoms with Gasteiger partial charge in [-0.3, -0.25) is 0 Å². The second kappa shape index (κ2) is 5.91. The molecule has 0 N–H and O–H groups in total. The highest BCUT2D eigenvalue weighted by atomic mass is 16.6. The molecule has 3 rings (SSSR count). The average Bonchev–Trinajstić information content (AvgIpc) is 2.83. The molecule has 1 aliphatic heterocycles. The van der Waals surface area contributed by atoms with Gasteiger partial charge in [0.15, 0.2) is 0 Å². The van der Waals surface area contributed by atoms with E-state index >= 15 is 0 Å². The Labute approximate surface area is 143 Å². The summed E-state index contributed by atoms with van der Waals surface area (Å²) in [5.74, 6) is -0.228. The smallest absolute Gasteiger partial charge is 0.334 e. The zero-order valence-electron chi connectivity index (χ0n) is 15.1. The molecule has 4 heteroatoms. The number of carbonyl (C=O) groups excluding carboxylic acids is 2. The molecule has 4 atom stereocenters. The predicted molar refractivity (Wildman–Crippen MR) is 91.1 cm³/mol. The van der Waals surface area contributed by atoms with E-state index in [4.69, 9.17) is 9.47 Å². The first-order chi connectivity index (χ1) is 11.3. The number of allylic oxidation sites excluding steroid dienone is 2. The summed E-state index contributed by atoms with van der Waals surface area (Å²) < 4.78 is 11.5. The van der Waals surface area contributed by atoms with E-state index in [2.05, 4.69) is 19.9 Å². The second-order valence-corrected chi connectivity index (χ2v) is 7.43. The van der Waals surface area contributed by atoms with Gasteiger partial charge in [0.25, 0.3) is 0 Å². The Morgan fingerprint density at radius 3 is 2.83 bits per heavy atom. The van der Waals surface area contributed by atoms with Crippen molar-refractivity contribution in [1.82, 2.24) is 0 Å². The molecule has 4 nitrogen and oxygen atoms in total. The molecule has 0 radical (unpaired) electrons. The van der Waals surface area contributed by atoms with Crippen LogP contribution in [0.5, 0.6) is 0 Å². The van der Waals surface area contributed by atoms with Gasteiger partial charge in [-0.05, 0) is 39.5 Å². The highest BCUT2D eigenvalue weighted by Crippen LogP contribution is 2.55. The van der Waals surface area contributed by atoms with Crippen molar-refractivity contribution in [3.63, 3.8) is 0 Å². The fourth-order valence-electron chi connectivity index (χ4n) is 4.26. The van der Waals surface area contributed by atoms with Crippen LogP contribution in [0, 0.1) is 11.3 Å². The van der Waals surface area contributed by atoms with E-state index in [1.165, 1.54) is 5.57 Å². The van der Waals surface area contributed by atoms with Crippen LogP contribution in [-0.4, -0.2) is 24.1 Å². The molecule has 2 aliphatic carbocycles. The first-order valence-electron chi connectivity index (χ1n) is 8.75. The maximum absolute atomic E-state index is 12.5. The predicted octanol–water partition coefficient (Wildman–Crippen LogP) is 3.87. The number of hydrogen-bond donors (Lipinski definition) is 0. The molecular weight excluding hydrogens is 304 g/mol. The van der Waals surface area contributed by atoms with E-state index in [0.717, 1.165) is 24.8 Å². The molecule has 0 amide bonds. The van der Waals surface area contributed by atoms with Crippen LogP contribution in [0.1, 0.15) is 53.9 Å². The fourth-order valence-corrected chi connectivity index (χ4v) is 4.26. The third-order valence-electron chi connectivity index (χ3n) is 6.25. The van der Waals surface area contributed by atoms with Crippen molar-refractivity contribution < 1.29 is 19.1 Å². The summed E-state index contributed by atoms with van der Waals surface area (Å²) in [7, 11) is 0. The van der Waals surface area contributed by atoms with Crippen LogP contribution in [0.25, 0.3) is 0 Å². The van der Waals surface area contributed by atoms with E-state index in [-0.39, 0.29) is 23.5 Å². The lowest BCUT2D eigenvalue weighted by molar-refractivity contribution is -0.151. The van der Waals surface area contributed by atoms with E-state index < -0.39 is 6.10 Å². The lowest BCUT2D eigenvalue weighted by Gasteiger charge is -2.50. The Morgan fingerprint density at radius 1 is 1.46 bits per heavy atom. The third kappa shape index (κ3) is 2.35. The fraction of sp³-hybridized carbons (Fsp3) is 0.600. The summed E-state index contributed by atoms with van der Waals surface area (Å²) >= 11 is 0. The molecule has 24 heavy (non-hydrogen) atoms. The first-order valence-corrected chi connectivity index (χ1v) is 8.75. The van der Waals surface area contributed by atoms with Crippen molar-refractivity contribution in [2.24, 2.45) is 11.3 Å². The van der Waals surface area contributed by atoms with Crippen molar-refractivity contribution in [2.45, 2.75) is 66.1 Å². The van der Waals surface area contributed by atoms with Crippen LogP contribution in [0.2, 0.25) is 0 Å². The third-order valence-corrected chi connectivity index (χ3v) is 6.25. The number of ether oxygens (including phenoxy) is 2.